The minimum absolute atomic E-state index is 0.0260. The van der Waals surface area contributed by atoms with Gasteiger partial charge in [0.05, 0.1) is 34.7 Å². The van der Waals surface area contributed by atoms with Gasteiger partial charge in [0.1, 0.15) is 11.6 Å². The van der Waals surface area contributed by atoms with E-state index in [4.69, 9.17) is 4.74 Å². The average molecular weight is 425 g/mol. The van der Waals surface area contributed by atoms with Crippen LogP contribution in [-0.2, 0) is 9.59 Å². The SMILES string of the molecule is CCOc1ccccc1NC(=O)CSC1=C(C#N)[C@@H](c2ccccc2F)CC(=O)N1. The normalized spacial score (nSPS) is 15.9. The van der Waals surface area contributed by atoms with E-state index in [1.165, 1.54) is 6.07 Å². The standard InChI is InChI=1S/C22H20FN3O3S/c1-2-29-19-10-6-5-9-18(19)25-21(28)13-30-22-16(12-24)15(11-20(27)26-22)14-7-3-4-8-17(14)23/h3-10,15H,2,11,13H2,1H3,(H,25,28)(H,26,27)/t15-/m1/s1. The van der Waals surface area contributed by atoms with Crippen molar-refractivity contribution in [3.05, 3.63) is 70.5 Å². The summed E-state index contributed by atoms with van der Waals surface area (Å²) in [5.41, 5.74) is 1.07. The van der Waals surface area contributed by atoms with Gasteiger partial charge in [-0.2, -0.15) is 5.26 Å². The van der Waals surface area contributed by atoms with Crippen LogP contribution in [0.1, 0.15) is 24.8 Å². The van der Waals surface area contributed by atoms with Gasteiger partial charge in [-0.3, -0.25) is 9.59 Å². The van der Waals surface area contributed by atoms with Crippen LogP contribution in [0.3, 0.4) is 0 Å². The summed E-state index contributed by atoms with van der Waals surface area (Å²) in [6, 6.07) is 15.2. The Morgan fingerprint density at radius 3 is 2.77 bits per heavy atom. The molecular formula is C22H20FN3O3S. The van der Waals surface area contributed by atoms with Gasteiger partial charge in [0.2, 0.25) is 11.8 Å². The molecule has 0 fully saturated rings. The van der Waals surface area contributed by atoms with E-state index in [1.54, 1.807) is 42.5 Å². The number of hydrogen-bond donors (Lipinski definition) is 2. The van der Waals surface area contributed by atoms with Crippen molar-refractivity contribution in [2.75, 3.05) is 17.7 Å². The molecule has 30 heavy (non-hydrogen) atoms. The lowest BCUT2D eigenvalue weighted by Gasteiger charge is -2.25. The Kier molecular flexibility index (Phi) is 7.09. The van der Waals surface area contributed by atoms with E-state index < -0.39 is 11.7 Å². The summed E-state index contributed by atoms with van der Waals surface area (Å²) in [5, 5.41) is 15.3. The number of halogens is 1. The van der Waals surface area contributed by atoms with Crippen LogP contribution in [0.2, 0.25) is 0 Å². The van der Waals surface area contributed by atoms with Gasteiger partial charge in [0.25, 0.3) is 0 Å². The summed E-state index contributed by atoms with van der Waals surface area (Å²) >= 11 is 1.03. The molecule has 2 aromatic rings. The number of carbonyl (C=O) groups excluding carboxylic acids is 2. The molecule has 0 aliphatic carbocycles. The number of thioether (sulfide) groups is 1. The zero-order valence-corrected chi connectivity index (χ0v) is 17.1. The third-order valence-electron chi connectivity index (χ3n) is 4.45. The fraction of sp³-hybridized carbons (Fsp3) is 0.227. The molecule has 0 saturated carbocycles. The molecule has 1 aliphatic rings. The minimum Gasteiger partial charge on any atom is -0.492 e. The molecule has 0 spiro atoms. The number of para-hydroxylation sites is 2. The Hall–Kier alpha value is -3.31. The maximum Gasteiger partial charge on any atom is 0.234 e. The molecule has 0 aromatic heterocycles. The smallest absolute Gasteiger partial charge is 0.234 e. The molecule has 8 heteroatoms. The fourth-order valence-electron chi connectivity index (χ4n) is 3.13. The molecule has 1 aliphatic heterocycles. The van der Waals surface area contributed by atoms with Crippen LogP contribution in [0.4, 0.5) is 10.1 Å². The number of amides is 2. The van der Waals surface area contributed by atoms with Crippen LogP contribution in [0.5, 0.6) is 5.75 Å². The Morgan fingerprint density at radius 2 is 2.03 bits per heavy atom. The number of anilines is 1. The molecule has 2 amide bonds. The molecule has 0 radical (unpaired) electrons. The average Bonchev–Trinajstić information content (AvgIpc) is 2.74. The highest BCUT2D eigenvalue weighted by Gasteiger charge is 2.31. The highest BCUT2D eigenvalue weighted by molar-refractivity contribution is 8.03. The first-order valence-corrected chi connectivity index (χ1v) is 10.3. The lowest BCUT2D eigenvalue weighted by atomic mass is 9.87. The third-order valence-corrected chi connectivity index (χ3v) is 5.46. The lowest BCUT2D eigenvalue weighted by molar-refractivity contribution is -0.121. The molecule has 0 unspecified atom stereocenters. The van der Waals surface area contributed by atoms with Crippen LogP contribution in [0.15, 0.2) is 59.1 Å². The van der Waals surface area contributed by atoms with Gasteiger partial charge in [0, 0.05) is 12.3 Å². The van der Waals surface area contributed by atoms with Gasteiger partial charge in [-0.1, -0.05) is 42.1 Å². The van der Waals surface area contributed by atoms with Gasteiger partial charge >= 0.3 is 0 Å². The van der Waals surface area contributed by atoms with E-state index in [0.29, 0.717) is 18.0 Å². The summed E-state index contributed by atoms with van der Waals surface area (Å²) in [7, 11) is 0. The summed E-state index contributed by atoms with van der Waals surface area (Å²) in [6.45, 7) is 2.31. The van der Waals surface area contributed by atoms with Gasteiger partial charge in [0.15, 0.2) is 0 Å². The minimum atomic E-state index is -0.686. The van der Waals surface area contributed by atoms with Crippen molar-refractivity contribution in [1.29, 1.82) is 5.26 Å². The van der Waals surface area contributed by atoms with Crippen molar-refractivity contribution in [2.45, 2.75) is 19.3 Å². The number of hydrogen-bond acceptors (Lipinski definition) is 5. The number of carbonyl (C=O) groups is 2. The van der Waals surface area contributed by atoms with E-state index in [-0.39, 0.29) is 40.2 Å². The molecule has 0 bridgehead atoms. The van der Waals surface area contributed by atoms with Crippen molar-refractivity contribution < 1.29 is 18.7 Å². The second-order valence-electron chi connectivity index (χ2n) is 6.45. The van der Waals surface area contributed by atoms with Crippen LogP contribution >= 0.6 is 11.8 Å². The van der Waals surface area contributed by atoms with Crippen molar-refractivity contribution in [3.63, 3.8) is 0 Å². The number of benzene rings is 2. The number of ether oxygens (including phenoxy) is 1. The molecule has 1 heterocycles. The molecule has 2 aromatic carbocycles. The maximum atomic E-state index is 14.2. The third kappa shape index (κ3) is 4.99. The summed E-state index contributed by atoms with van der Waals surface area (Å²) in [6.07, 6.45) is -0.0260. The molecule has 1 atom stereocenters. The molecule has 6 nitrogen and oxygen atoms in total. The number of nitrogens with one attached hydrogen (secondary N) is 2. The van der Waals surface area contributed by atoms with E-state index in [1.807, 2.05) is 6.92 Å². The number of rotatable bonds is 7. The molecule has 2 N–H and O–H groups in total. The van der Waals surface area contributed by atoms with Crippen LogP contribution in [0, 0.1) is 17.1 Å². The van der Waals surface area contributed by atoms with Crippen LogP contribution < -0.4 is 15.4 Å². The van der Waals surface area contributed by atoms with Crippen molar-refractivity contribution >= 4 is 29.3 Å². The number of nitrogens with zero attached hydrogens (tertiary/aromatic N) is 1. The van der Waals surface area contributed by atoms with E-state index in [9.17, 15) is 19.2 Å². The maximum absolute atomic E-state index is 14.2. The number of nitriles is 1. The monoisotopic (exact) mass is 425 g/mol. The van der Waals surface area contributed by atoms with Crippen molar-refractivity contribution in [3.8, 4) is 11.8 Å². The second kappa shape index (κ2) is 9.94. The van der Waals surface area contributed by atoms with Crippen LogP contribution in [0.25, 0.3) is 0 Å². The van der Waals surface area contributed by atoms with Gasteiger partial charge in [-0.25, -0.2) is 4.39 Å². The Bertz CT molecular complexity index is 1030. The predicted octanol–water partition coefficient (Wildman–Crippen LogP) is 3.93. The Morgan fingerprint density at radius 1 is 1.30 bits per heavy atom. The molecule has 3 rings (SSSR count). The van der Waals surface area contributed by atoms with Gasteiger partial charge in [-0.05, 0) is 30.7 Å². The summed E-state index contributed by atoms with van der Waals surface area (Å²) in [4.78, 5) is 24.6. The largest absolute Gasteiger partial charge is 0.492 e. The lowest BCUT2D eigenvalue weighted by Crippen LogP contribution is -2.31. The first-order valence-electron chi connectivity index (χ1n) is 9.36. The van der Waals surface area contributed by atoms with E-state index in [0.717, 1.165) is 11.8 Å². The molecule has 0 saturated heterocycles. The highest BCUT2D eigenvalue weighted by atomic mass is 32.2. The van der Waals surface area contributed by atoms with Crippen molar-refractivity contribution in [2.24, 2.45) is 0 Å². The Balaban J connectivity index is 1.76. The topological polar surface area (TPSA) is 91.2 Å². The summed E-state index contributed by atoms with van der Waals surface area (Å²) in [5.74, 6) is -1.29. The van der Waals surface area contributed by atoms with E-state index in [2.05, 4.69) is 16.7 Å². The van der Waals surface area contributed by atoms with Gasteiger partial charge < -0.3 is 15.4 Å². The molecular weight excluding hydrogens is 405 g/mol. The fourth-order valence-corrected chi connectivity index (χ4v) is 4.01. The van der Waals surface area contributed by atoms with Crippen molar-refractivity contribution in [1.82, 2.24) is 5.32 Å². The zero-order chi connectivity index (χ0) is 21.5. The first kappa shape index (κ1) is 21.4. The zero-order valence-electron chi connectivity index (χ0n) is 16.3. The summed E-state index contributed by atoms with van der Waals surface area (Å²) < 4.78 is 19.7. The first-order chi connectivity index (χ1) is 14.5. The van der Waals surface area contributed by atoms with Crippen LogP contribution in [-0.4, -0.2) is 24.2 Å². The van der Waals surface area contributed by atoms with Gasteiger partial charge in [-0.15, -0.1) is 0 Å². The number of allylic oxidation sites excluding steroid dienone is 1. The second-order valence-corrected chi connectivity index (χ2v) is 7.43. The molecule has 154 valence electrons. The quantitative estimate of drug-likeness (QED) is 0.701. The van der Waals surface area contributed by atoms with E-state index >= 15 is 0 Å². The highest BCUT2D eigenvalue weighted by Crippen LogP contribution is 2.37. The predicted molar refractivity (Wildman–Crippen MR) is 113 cm³/mol. The Labute approximate surface area is 178 Å².